The van der Waals surface area contributed by atoms with Crippen LogP contribution in [0.25, 0.3) is 0 Å². The largest absolute Gasteiger partial charge is 0.398 e. The lowest BCUT2D eigenvalue weighted by Gasteiger charge is -2.27. The molecule has 0 aromatic heterocycles. The maximum atomic E-state index is 6.01. The average molecular weight is 216 g/mol. The Bertz CT molecular complexity index is 382. The zero-order valence-corrected chi connectivity index (χ0v) is 9.71. The highest BCUT2D eigenvalue weighted by Gasteiger charge is 2.24. The van der Waals surface area contributed by atoms with Crippen LogP contribution in [0, 0.1) is 5.92 Å². The second-order valence-electron chi connectivity index (χ2n) is 5.30. The first kappa shape index (κ1) is 10.2. The number of fused-ring (bicyclic) bond motifs is 1. The van der Waals surface area contributed by atoms with E-state index < -0.39 is 0 Å². The minimum absolute atomic E-state index is 0.764. The Labute approximate surface area is 97.2 Å². The van der Waals surface area contributed by atoms with Crippen molar-refractivity contribution in [1.29, 1.82) is 0 Å². The maximum absolute atomic E-state index is 6.01. The van der Waals surface area contributed by atoms with Gasteiger partial charge in [0.1, 0.15) is 0 Å². The van der Waals surface area contributed by atoms with E-state index >= 15 is 0 Å². The molecule has 3 rings (SSSR count). The molecule has 0 aliphatic heterocycles. The van der Waals surface area contributed by atoms with Crippen LogP contribution in [0.4, 0.5) is 5.69 Å². The zero-order chi connectivity index (χ0) is 11.0. The molecule has 2 aliphatic carbocycles. The van der Waals surface area contributed by atoms with Crippen LogP contribution >= 0.6 is 0 Å². The molecular weight excluding hydrogens is 196 g/mol. The lowest BCUT2D eigenvalue weighted by atomic mass is 9.92. The van der Waals surface area contributed by atoms with Crippen molar-refractivity contribution in [1.82, 2.24) is 5.32 Å². The van der Waals surface area contributed by atoms with Gasteiger partial charge in [-0.1, -0.05) is 18.6 Å². The molecule has 1 aromatic carbocycles. The molecule has 0 bridgehead atoms. The summed E-state index contributed by atoms with van der Waals surface area (Å²) in [6, 6.07) is 7.15. The van der Waals surface area contributed by atoms with E-state index in [1.54, 1.807) is 0 Å². The van der Waals surface area contributed by atoms with E-state index in [1.807, 2.05) is 6.07 Å². The lowest BCUT2D eigenvalue weighted by molar-refractivity contribution is 0.318. The average Bonchev–Trinajstić information content (AvgIpc) is 2.60. The third-order valence-electron chi connectivity index (χ3n) is 4.11. The van der Waals surface area contributed by atoms with Gasteiger partial charge in [-0.05, 0) is 55.3 Å². The van der Waals surface area contributed by atoms with Gasteiger partial charge in [-0.3, -0.25) is 0 Å². The second kappa shape index (κ2) is 4.10. The van der Waals surface area contributed by atoms with Gasteiger partial charge in [-0.15, -0.1) is 0 Å². The summed E-state index contributed by atoms with van der Waals surface area (Å²) in [6.45, 7) is 1.17. The minimum atomic E-state index is 0.764. The molecule has 1 aromatic rings. The monoisotopic (exact) mass is 216 g/mol. The van der Waals surface area contributed by atoms with E-state index in [4.69, 9.17) is 5.73 Å². The van der Waals surface area contributed by atoms with E-state index in [9.17, 15) is 0 Å². The quantitative estimate of drug-likeness (QED) is 0.760. The molecule has 0 amide bonds. The Balaban J connectivity index is 1.59. The van der Waals surface area contributed by atoms with Crippen LogP contribution in [-0.2, 0) is 12.8 Å². The highest BCUT2D eigenvalue weighted by Crippen LogP contribution is 2.30. The number of hydrogen-bond donors (Lipinski definition) is 2. The van der Waals surface area contributed by atoms with Gasteiger partial charge < -0.3 is 11.1 Å². The molecule has 1 atom stereocenters. The molecule has 0 saturated heterocycles. The Morgan fingerprint density at radius 2 is 2.12 bits per heavy atom. The van der Waals surface area contributed by atoms with Crippen molar-refractivity contribution in [3.63, 3.8) is 0 Å². The molecule has 2 nitrogen and oxygen atoms in total. The highest BCUT2D eigenvalue weighted by atomic mass is 14.9. The van der Waals surface area contributed by atoms with Gasteiger partial charge in [-0.25, -0.2) is 0 Å². The number of benzene rings is 1. The topological polar surface area (TPSA) is 38.0 Å². The van der Waals surface area contributed by atoms with Crippen molar-refractivity contribution in [3.8, 4) is 0 Å². The normalized spacial score (nSPS) is 24.1. The lowest BCUT2D eigenvalue weighted by Crippen LogP contribution is -2.38. The predicted molar refractivity (Wildman–Crippen MR) is 67.4 cm³/mol. The number of anilines is 1. The van der Waals surface area contributed by atoms with E-state index in [0.29, 0.717) is 0 Å². The zero-order valence-electron chi connectivity index (χ0n) is 9.71. The van der Waals surface area contributed by atoms with E-state index in [2.05, 4.69) is 17.4 Å². The van der Waals surface area contributed by atoms with E-state index in [-0.39, 0.29) is 0 Å². The second-order valence-corrected chi connectivity index (χ2v) is 5.30. The van der Waals surface area contributed by atoms with Crippen molar-refractivity contribution in [2.45, 2.75) is 38.1 Å². The number of nitrogen functional groups attached to an aromatic ring is 1. The van der Waals surface area contributed by atoms with Gasteiger partial charge in [0.25, 0.3) is 0 Å². The van der Waals surface area contributed by atoms with Gasteiger partial charge >= 0.3 is 0 Å². The summed E-state index contributed by atoms with van der Waals surface area (Å²) in [5, 5.41) is 3.67. The summed E-state index contributed by atoms with van der Waals surface area (Å²) in [7, 11) is 0. The first-order valence-corrected chi connectivity index (χ1v) is 6.42. The number of nitrogens with one attached hydrogen (secondary N) is 1. The standard InChI is InChI=1S/C14H20N2/c15-14-6-1-3-11-7-10(8-13(11)14)9-16-12-4-2-5-12/h1,3,6,10,12,16H,2,4-5,7-9,15H2. The fraction of sp³-hybridized carbons (Fsp3) is 0.571. The molecule has 16 heavy (non-hydrogen) atoms. The van der Waals surface area contributed by atoms with Crippen molar-refractivity contribution < 1.29 is 0 Å². The van der Waals surface area contributed by atoms with Gasteiger partial charge in [-0.2, -0.15) is 0 Å². The summed E-state index contributed by atoms with van der Waals surface area (Å²) in [5.41, 5.74) is 9.87. The van der Waals surface area contributed by atoms with Crippen molar-refractivity contribution in [2.75, 3.05) is 12.3 Å². The van der Waals surface area contributed by atoms with Crippen molar-refractivity contribution in [3.05, 3.63) is 29.3 Å². The minimum Gasteiger partial charge on any atom is -0.398 e. The summed E-state index contributed by atoms with van der Waals surface area (Å²) >= 11 is 0. The number of nitrogens with two attached hydrogens (primary N) is 1. The van der Waals surface area contributed by atoms with Gasteiger partial charge in [0.15, 0.2) is 0 Å². The summed E-state index contributed by atoms with van der Waals surface area (Å²) in [4.78, 5) is 0. The van der Waals surface area contributed by atoms with Crippen LogP contribution in [0.15, 0.2) is 18.2 Å². The first-order chi connectivity index (χ1) is 7.83. The number of hydrogen-bond acceptors (Lipinski definition) is 2. The Hall–Kier alpha value is -1.02. The van der Waals surface area contributed by atoms with E-state index in [0.717, 1.165) is 17.6 Å². The van der Waals surface area contributed by atoms with Crippen molar-refractivity contribution >= 4 is 5.69 Å². The van der Waals surface area contributed by atoms with Crippen LogP contribution in [0.1, 0.15) is 30.4 Å². The smallest absolute Gasteiger partial charge is 0.0349 e. The maximum Gasteiger partial charge on any atom is 0.0349 e. The van der Waals surface area contributed by atoms with Crippen LogP contribution in [0.5, 0.6) is 0 Å². The predicted octanol–water partition coefficient (Wildman–Crippen LogP) is 2.13. The molecule has 2 heteroatoms. The molecular formula is C14H20N2. The molecule has 86 valence electrons. The third-order valence-corrected chi connectivity index (χ3v) is 4.11. The molecule has 2 aliphatic rings. The molecule has 1 saturated carbocycles. The molecule has 1 fully saturated rings. The SMILES string of the molecule is Nc1cccc2c1CC(CNC1CCC1)C2. The highest BCUT2D eigenvalue weighted by molar-refractivity contribution is 5.53. The van der Waals surface area contributed by atoms with Crippen LogP contribution in [0.3, 0.4) is 0 Å². The summed E-state index contributed by atoms with van der Waals surface area (Å²) in [5.74, 6) is 0.764. The molecule has 1 unspecified atom stereocenters. The van der Waals surface area contributed by atoms with Gasteiger partial charge in [0.05, 0.1) is 0 Å². The van der Waals surface area contributed by atoms with Crippen LogP contribution in [-0.4, -0.2) is 12.6 Å². The molecule has 0 spiro atoms. The third kappa shape index (κ3) is 1.82. The van der Waals surface area contributed by atoms with E-state index in [1.165, 1.54) is 49.8 Å². The molecule has 3 N–H and O–H groups in total. The fourth-order valence-electron chi connectivity index (χ4n) is 2.86. The molecule has 0 radical (unpaired) electrons. The van der Waals surface area contributed by atoms with Gasteiger partial charge in [0.2, 0.25) is 0 Å². The Morgan fingerprint density at radius 1 is 1.25 bits per heavy atom. The summed E-state index contributed by atoms with van der Waals surface area (Å²) in [6.07, 6.45) is 6.54. The Morgan fingerprint density at radius 3 is 2.81 bits per heavy atom. The first-order valence-electron chi connectivity index (χ1n) is 6.42. The molecule has 0 heterocycles. The number of rotatable bonds is 3. The van der Waals surface area contributed by atoms with Crippen LogP contribution < -0.4 is 11.1 Å². The van der Waals surface area contributed by atoms with Crippen LogP contribution in [0.2, 0.25) is 0 Å². The summed E-state index contributed by atoms with van der Waals surface area (Å²) < 4.78 is 0. The van der Waals surface area contributed by atoms with Gasteiger partial charge in [0, 0.05) is 11.7 Å². The fourth-order valence-corrected chi connectivity index (χ4v) is 2.86. The van der Waals surface area contributed by atoms with Crippen molar-refractivity contribution in [2.24, 2.45) is 5.92 Å². The Kier molecular flexibility index (Phi) is 2.60.